The molecule has 134 valence electrons. The van der Waals surface area contributed by atoms with E-state index in [0.717, 1.165) is 35.5 Å². The zero-order valence-corrected chi connectivity index (χ0v) is 14.7. The van der Waals surface area contributed by atoms with Crippen LogP contribution < -0.4 is 4.74 Å². The fourth-order valence-corrected chi connectivity index (χ4v) is 3.71. The van der Waals surface area contributed by atoms with Crippen molar-refractivity contribution in [3.63, 3.8) is 0 Å². The second-order valence-electron chi connectivity index (χ2n) is 6.20. The number of esters is 2. The third-order valence-electron chi connectivity index (χ3n) is 4.85. The lowest BCUT2D eigenvalue weighted by Gasteiger charge is -2.16. The first-order valence-corrected chi connectivity index (χ1v) is 8.34. The smallest absolute Gasteiger partial charge is 0.317 e. The Bertz CT molecular complexity index is 721. The van der Waals surface area contributed by atoms with E-state index in [2.05, 4.69) is 4.74 Å². The predicted molar refractivity (Wildman–Crippen MR) is 89.7 cm³/mol. The number of carbonyl (C=O) groups is 2. The molecule has 2 unspecified atom stereocenters. The molecular weight excluding hydrogens is 324 g/mol. The molecule has 1 aliphatic heterocycles. The number of benzene rings is 1. The SMILES string of the molecule is COC1=C(OC)C(CCCC2CC(=O)OC2=O)c2cccc(OC)c21. The van der Waals surface area contributed by atoms with Crippen LogP contribution in [0.2, 0.25) is 0 Å². The van der Waals surface area contributed by atoms with Crippen molar-refractivity contribution in [2.75, 3.05) is 21.3 Å². The van der Waals surface area contributed by atoms with Crippen LogP contribution in [0, 0.1) is 5.92 Å². The van der Waals surface area contributed by atoms with Crippen molar-refractivity contribution in [1.82, 2.24) is 0 Å². The summed E-state index contributed by atoms with van der Waals surface area (Å²) in [7, 11) is 4.88. The first kappa shape index (κ1) is 17.3. The minimum absolute atomic E-state index is 0.0400. The molecule has 0 aromatic heterocycles. The van der Waals surface area contributed by atoms with Crippen molar-refractivity contribution >= 4 is 17.7 Å². The lowest BCUT2D eigenvalue weighted by atomic mass is 9.91. The highest BCUT2D eigenvalue weighted by atomic mass is 16.6. The monoisotopic (exact) mass is 346 g/mol. The van der Waals surface area contributed by atoms with Gasteiger partial charge in [-0.25, -0.2) is 0 Å². The number of hydrogen-bond acceptors (Lipinski definition) is 6. The zero-order chi connectivity index (χ0) is 18.0. The maximum absolute atomic E-state index is 11.6. The van der Waals surface area contributed by atoms with Gasteiger partial charge < -0.3 is 18.9 Å². The molecule has 0 spiro atoms. The van der Waals surface area contributed by atoms with Gasteiger partial charge in [-0.15, -0.1) is 0 Å². The molecule has 0 radical (unpaired) electrons. The maximum Gasteiger partial charge on any atom is 0.317 e. The summed E-state index contributed by atoms with van der Waals surface area (Å²) in [6, 6.07) is 5.89. The molecule has 1 aromatic rings. The number of methoxy groups -OCH3 is 3. The number of hydrogen-bond donors (Lipinski definition) is 0. The number of cyclic esters (lactones) is 2. The molecule has 6 nitrogen and oxygen atoms in total. The average Bonchev–Trinajstić information content (AvgIpc) is 3.10. The van der Waals surface area contributed by atoms with Crippen molar-refractivity contribution in [2.45, 2.75) is 31.6 Å². The van der Waals surface area contributed by atoms with Gasteiger partial charge in [0.25, 0.3) is 0 Å². The van der Waals surface area contributed by atoms with Gasteiger partial charge in [0.2, 0.25) is 0 Å². The molecule has 3 rings (SSSR count). The summed E-state index contributed by atoms with van der Waals surface area (Å²) < 4.78 is 21.3. The second kappa shape index (κ2) is 7.17. The van der Waals surface area contributed by atoms with Crippen LogP contribution in [0.15, 0.2) is 24.0 Å². The Morgan fingerprint density at radius 2 is 1.88 bits per heavy atom. The maximum atomic E-state index is 11.6. The standard InChI is InChI=1S/C19H22O6/c1-22-14-9-5-7-12-13(17(23-2)18(24-3)16(12)14)8-4-6-11-10-15(20)25-19(11)21/h5,7,9,11,13H,4,6,8,10H2,1-3H3. The highest BCUT2D eigenvalue weighted by Crippen LogP contribution is 2.48. The Labute approximate surface area is 146 Å². The number of ether oxygens (including phenoxy) is 4. The summed E-state index contributed by atoms with van der Waals surface area (Å²) in [4.78, 5) is 22.8. The summed E-state index contributed by atoms with van der Waals surface area (Å²) in [5.74, 6) is 1.09. The molecule has 0 saturated carbocycles. The summed E-state index contributed by atoms with van der Waals surface area (Å²) in [5, 5.41) is 0. The van der Waals surface area contributed by atoms with Crippen LogP contribution >= 0.6 is 0 Å². The van der Waals surface area contributed by atoms with Crippen molar-refractivity contribution in [3.05, 3.63) is 35.1 Å². The van der Waals surface area contributed by atoms with Crippen molar-refractivity contribution < 1.29 is 28.5 Å². The van der Waals surface area contributed by atoms with Gasteiger partial charge in [0, 0.05) is 5.92 Å². The molecule has 6 heteroatoms. The topological polar surface area (TPSA) is 71.1 Å². The molecule has 1 heterocycles. The fraction of sp³-hybridized carbons (Fsp3) is 0.474. The molecule has 1 aliphatic carbocycles. The van der Waals surface area contributed by atoms with Crippen LogP contribution in [0.1, 0.15) is 42.7 Å². The average molecular weight is 346 g/mol. The number of fused-ring (bicyclic) bond motifs is 1. The van der Waals surface area contributed by atoms with Crippen LogP contribution in [0.5, 0.6) is 5.75 Å². The van der Waals surface area contributed by atoms with Crippen LogP contribution in [0.3, 0.4) is 0 Å². The minimum atomic E-state index is -0.426. The molecule has 2 aliphatic rings. The summed E-state index contributed by atoms with van der Waals surface area (Å²) >= 11 is 0. The van der Waals surface area contributed by atoms with Crippen molar-refractivity contribution in [1.29, 1.82) is 0 Å². The summed E-state index contributed by atoms with van der Waals surface area (Å²) in [6.07, 6.45) is 2.37. The van der Waals surface area contributed by atoms with Gasteiger partial charge in [0.05, 0.1) is 39.2 Å². The van der Waals surface area contributed by atoms with Gasteiger partial charge in [0.1, 0.15) is 11.5 Å². The van der Waals surface area contributed by atoms with Gasteiger partial charge in [-0.05, 0) is 24.5 Å². The van der Waals surface area contributed by atoms with E-state index in [0.29, 0.717) is 12.2 Å². The van der Waals surface area contributed by atoms with Gasteiger partial charge >= 0.3 is 11.9 Å². The van der Waals surface area contributed by atoms with E-state index >= 15 is 0 Å². The van der Waals surface area contributed by atoms with E-state index in [9.17, 15) is 9.59 Å². The number of rotatable bonds is 7. The van der Waals surface area contributed by atoms with E-state index in [1.54, 1.807) is 21.3 Å². The minimum Gasteiger partial charge on any atom is -0.497 e. The summed E-state index contributed by atoms with van der Waals surface area (Å²) in [6.45, 7) is 0. The Morgan fingerprint density at radius 3 is 2.48 bits per heavy atom. The van der Waals surface area contributed by atoms with E-state index in [-0.39, 0.29) is 18.3 Å². The highest BCUT2D eigenvalue weighted by Gasteiger charge is 2.37. The van der Waals surface area contributed by atoms with Gasteiger partial charge in [-0.3, -0.25) is 9.59 Å². The van der Waals surface area contributed by atoms with E-state index < -0.39 is 11.9 Å². The zero-order valence-electron chi connectivity index (χ0n) is 14.7. The Hall–Kier alpha value is -2.50. The van der Waals surface area contributed by atoms with Gasteiger partial charge in [0.15, 0.2) is 5.76 Å². The molecule has 25 heavy (non-hydrogen) atoms. The Balaban J connectivity index is 1.78. The molecular formula is C19H22O6. The quantitative estimate of drug-likeness (QED) is 0.558. The van der Waals surface area contributed by atoms with Gasteiger partial charge in [-0.1, -0.05) is 18.6 Å². The third kappa shape index (κ3) is 3.08. The Kier molecular flexibility index (Phi) is 4.97. The molecule has 1 saturated heterocycles. The van der Waals surface area contributed by atoms with E-state index in [4.69, 9.17) is 14.2 Å². The number of allylic oxidation sites excluding steroid dienone is 1. The fourth-order valence-electron chi connectivity index (χ4n) is 3.71. The largest absolute Gasteiger partial charge is 0.497 e. The van der Waals surface area contributed by atoms with Crippen molar-refractivity contribution in [2.24, 2.45) is 5.92 Å². The first-order chi connectivity index (χ1) is 12.1. The molecule has 1 fully saturated rings. The highest BCUT2D eigenvalue weighted by molar-refractivity contribution is 5.94. The normalized spacial score (nSPS) is 22.0. The lowest BCUT2D eigenvalue weighted by molar-refractivity contribution is -0.153. The Morgan fingerprint density at radius 1 is 1.08 bits per heavy atom. The van der Waals surface area contributed by atoms with Crippen LogP contribution in [0.4, 0.5) is 0 Å². The predicted octanol–water partition coefficient (Wildman–Crippen LogP) is 3.01. The molecule has 0 amide bonds. The van der Waals surface area contributed by atoms with Crippen LogP contribution in [0.25, 0.3) is 5.76 Å². The van der Waals surface area contributed by atoms with E-state index in [1.807, 2.05) is 18.2 Å². The summed E-state index contributed by atoms with van der Waals surface area (Å²) in [5.41, 5.74) is 2.02. The molecule has 0 bridgehead atoms. The lowest BCUT2D eigenvalue weighted by Crippen LogP contribution is -2.08. The first-order valence-electron chi connectivity index (χ1n) is 8.34. The van der Waals surface area contributed by atoms with E-state index in [1.165, 1.54) is 0 Å². The number of carbonyl (C=O) groups excluding carboxylic acids is 2. The van der Waals surface area contributed by atoms with Crippen LogP contribution in [-0.4, -0.2) is 33.3 Å². The molecule has 0 N–H and O–H groups in total. The van der Waals surface area contributed by atoms with Crippen molar-refractivity contribution in [3.8, 4) is 5.75 Å². The molecule has 2 atom stereocenters. The second-order valence-corrected chi connectivity index (χ2v) is 6.20. The molecule has 1 aromatic carbocycles. The van der Waals surface area contributed by atoms with Crippen LogP contribution in [-0.2, 0) is 23.8 Å². The third-order valence-corrected chi connectivity index (χ3v) is 4.85. The van der Waals surface area contributed by atoms with Gasteiger partial charge in [-0.2, -0.15) is 0 Å².